The van der Waals surface area contributed by atoms with Crippen LogP contribution in [0.3, 0.4) is 0 Å². The third-order valence-electron chi connectivity index (χ3n) is 4.77. The first-order chi connectivity index (χ1) is 11.5. The van der Waals surface area contributed by atoms with Crippen molar-refractivity contribution in [1.29, 1.82) is 0 Å². The quantitative estimate of drug-likeness (QED) is 0.901. The van der Waals surface area contributed by atoms with E-state index in [4.69, 9.17) is 10.2 Å². The van der Waals surface area contributed by atoms with E-state index in [1.54, 1.807) is 11.8 Å². The zero-order valence-corrected chi connectivity index (χ0v) is 14.2. The van der Waals surface area contributed by atoms with E-state index in [0.29, 0.717) is 17.5 Å². The van der Waals surface area contributed by atoms with Gasteiger partial charge in [0.25, 0.3) is 0 Å². The summed E-state index contributed by atoms with van der Waals surface area (Å²) in [5.74, 6) is 1.66. The van der Waals surface area contributed by atoms with E-state index in [2.05, 4.69) is 9.88 Å². The molecule has 128 valence electrons. The van der Waals surface area contributed by atoms with E-state index in [1.807, 2.05) is 6.92 Å². The lowest BCUT2D eigenvalue weighted by molar-refractivity contribution is 0.181. The zero-order chi connectivity index (χ0) is 16.8. The largest absolute Gasteiger partial charge is 0.444 e. The molecule has 0 radical (unpaired) electrons. The number of aryl methyl sites for hydroxylation is 1. The Hall–Kier alpha value is -1.44. The van der Waals surface area contributed by atoms with Crippen molar-refractivity contribution in [2.45, 2.75) is 43.8 Å². The molecule has 4 rings (SSSR count). The summed E-state index contributed by atoms with van der Waals surface area (Å²) < 4.78 is 33.1. The summed E-state index contributed by atoms with van der Waals surface area (Å²) in [6.45, 7) is 3.36. The Bertz CT molecular complexity index is 743. The number of hydrogen-bond donors (Lipinski definition) is 1. The van der Waals surface area contributed by atoms with Gasteiger partial charge in [0.15, 0.2) is 5.89 Å². The average molecular weight is 351 g/mol. The number of nitrogens with zero attached hydrogens (tertiary/aromatic N) is 2. The van der Waals surface area contributed by atoms with Crippen LogP contribution in [0.1, 0.15) is 34.6 Å². The standard InChI is InChI=1S/C17H19F2N3OS/c1-9-21-15-6-22(7-16(15)23-9)11-5-14(20)17(24-8-11)12-4-10(18)2-3-13(12)19/h2-4,11,14,17H,5-8,20H2,1H3/t11-,14+,17-/m1/s1. The van der Waals surface area contributed by atoms with Crippen LogP contribution >= 0.6 is 11.8 Å². The number of halogens is 2. The van der Waals surface area contributed by atoms with E-state index < -0.39 is 5.82 Å². The van der Waals surface area contributed by atoms with Crippen LogP contribution < -0.4 is 5.73 Å². The van der Waals surface area contributed by atoms with E-state index in [9.17, 15) is 8.78 Å². The van der Waals surface area contributed by atoms with Gasteiger partial charge in [0.05, 0.1) is 12.2 Å². The molecule has 3 atom stereocenters. The van der Waals surface area contributed by atoms with Crippen LogP contribution in [0.25, 0.3) is 0 Å². The van der Waals surface area contributed by atoms with Crippen molar-refractivity contribution in [3.05, 3.63) is 52.7 Å². The molecule has 2 aromatic rings. The van der Waals surface area contributed by atoms with Crippen molar-refractivity contribution in [2.24, 2.45) is 5.73 Å². The maximum Gasteiger partial charge on any atom is 0.191 e. The molecule has 2 N–H and O–H groups in total. The number of thioether (sulfide) groups is 1. The van der Waals surface area contributed by atoms with Gasteiger partial charge in [0, 0.05) is 42.1 Å². The molecular formula is C17H19F2N3OS. The lowest BCUT2D eigenvalue weighted by Crippen LogP contribution is -2.44. The second-order valence-corrected chi connectivity index (χ2v) is 7.66. The molecule has 3 heterocycles. The first-order valence-electron chi connectivity index (χ1n) is 8.02. The second-order valence-electron chi connectivity index (χ2n) is 6.48. The van der Waals surface area contributed by atoms with Crippen LogP contribution in [0.4, 0.5) is 8.78 Å². The van der Waals surface area contributed by atoms with E-state index in [0.717, 1.165) is 42.8 Å². The van der Waals surface area contributed by atoms with Crippen molar-refractivity contribution < 1.29 is 13.2 Å². The SMILES string of the molecule is Cc1nc2c(o1)CN([C@H]1CS[C@H](c3cc(F)ccc3F)[C@@H](N)C1)C2. The molecule has 0 unspecified atom stereocenters. The summed E-state index contributed by atoms with van der Waals surface area (Å²) in [6, 6.07) is 3.66. The van der Waals surface area contributed by atoms with Gasteiger partial charge in [0.2, 0.25) is 0 Å². The minimum Gasteiger partial charge on any atom is -0.444 e. The predicted molar refractivity (Wildman–Crippen MR) is 88.4 cm³/mol. The van der Waals surface area contributed by atoms with Crippen LogP contribution in [0.15, 0.2) is 22.6 Å². The molecule has 0 aliphatic carbocycles. The van der Waals surface area contributed by atoms with Gasteiger partial charge in [-0.1, -0.05) is 0 Å². The fourth-order valence-corrected chi connectivity index (χ4v) is 5.10. The number of rotatable bonds is 2. The van der Waals surface area contributed by atoms with Crippen LogP contribution in [-0.2, 0) is 13.1 Å². The zero-order valence-electron chi connectivity index (χ0n) is 13.3. The highest BCUT2D eigenvalue weighted by molar-refractivity contribution is 7.99. The van der Waals surface area contributed by atoms with Crippen molar-refractivity contribution >= 4 is 11.8 Å². The van der Waals surface area contributed by atoms with Crippen LogP contribution in [0.2, 0.25) is 0 Å². The van der Waals surface area contributed by atoms with Crippen molar-refractivity contribution in [3.63, 3.8) is 0 Å². The van der Waals surface area contributed by atoms with E-state index in [1.165, 1.54) is 12.1 Å². The summed E-state index contributed by atoms with van der Waals surface area (Å²) in [6.07, 6.45) is 0.747. The predicted octanol–water partition coefficient (Wildman–Crippen LogP) is 3.15. The first-order valence-corrected chi connectivity index (χ1v) is 9.07. The Morgan fingerprint density at radius 3 is 2.92 bits per heavy atom. The maximum atomic E-state index is 14.0. The lowest BCUT2D eigenvalue weighted by atomic mass is 9.98. The Morgan fingerprint density at radius 1 is 1.33 bits per heavy atom. The highest BCUT2D eigenvalue weighted by Gasteiger charge is 2.37. The molecule has 24 heavy (non-hydrogen) atoms. The average Bonchev–Trinajstić information content (AvgIpc) is 3.07. The van der Waals surface area contributed by atoms with Gasteiger partial charge in [-0.25, -0.2) is 13.8 Å². The van der Waals surface area contributed by atoms with Crippen LogP contribution in [0, 0.1) is 18.6 Å². The fourth-order valence-electron chi connectivity index (χ4n) is 3.60. The van der Waals surface area contributed by atoms with Crippen molar-refractivity contribution in [3.8, 4) is 0 Å². The van der Waals surface area contributed by atoms with E-state index in [-0.39, 0.29) is 17.1 Å². The number of benzene rings is 1. The molecule has 1 aromatic carbocycles. The Morgan fingerprint density at radius 2 is 2.17 bits per heavy atom. The summed E-state index contributed by atoms with van der Waals surface area (Å²) >= 11 is 1.60. The number of fused-ring (bicyclic) bond motifs is 1. The first kappa shape index (κ1) is 16.1. The molecule has 0 saturated carbocycles. The summed E-state index contributed by atoms with van der Waals surface area (Å²) in [4.78, 5) is 6.71. The smallest absolute Gasteiger partial charge is 0.191 e. The van der Waals surface area contributed by atoms with Crippen molar-refractivity contribution in [1.82, 2.24) is 9.88 Å². The van der Waals surface area contributed by atoms with E-state index >= 15 is 0 Å². The normalized spacial score (nSPS) is 27.4. The minimum absolute atomic E-state index is 0.212. The fraction of sp³-hybridized carbons (Fsp3) is 0.471. The topological polar surface area (TPSA) is 55.3 Å². The maximum absolute atomic E-state index is 14.0. The molecule has 7 heteroatoms. The Balaban J connectivity index is 1.45. The highest BCUT2D eigenvalue weighted by Crippen LogP contribution is 2.41. The molecule has 0 bridgehead atoms. The molecule has 2 aliphatic heterocycles. The molecule has 1 saturated heterocycles. The van der Waals surface area contributed by atoms with Gasteiger partial charge in [-0.2, -0.15) is 11.8 Å². The number of aromatic nitrogens is 1. The minimum atomic E-state index is -0.424. The van der Waals surface area contributed by atoms with Crippen molar-refractivity contribution in [2.75, 3.05) is 5.75 Å². The van der Waals surface area contributed by atoms with Gasteiger partial charge in [-0.3, -0.25) is 4.90 Å². The summed E-state index contributed by atoms with van der Waals surface area (Å²) in [5, 5.41) is -0.212. The highest BCUT2D eigenvalue weighted by atomic mass is 32.2. The number of hydrogen-bond acceptors (Lipinski definition) is 5. The molecule has 0 spiro atoms. The molecular weight excluding hydrogens is 332 g/mol. The van der Waals surface area contributed by atoms with Crippen LogP contribution in [-0.4, -0.2) is 27.7 Å². The number of nitrogens with two attached hydrogens (primary N) is 1. The summed E-state index contributed by atoms with van der Waals surface area (Å²) in [7, 11) is 0. The number of oxazole rings is 1. The third-order valence-corrected chi connectivity index (χ3v) is 6.31. The summed E-state index contributed by atoms with van der Waals surface area (Å²) in [5.41, 5.74) is 7.69. The van der Waals surface area contributed by atoms with Gasteiger partial charge < -0.3 is 10.2 Å². The van der Waals surface area contributed by atoms with Crippen LogP contribution in [0.5, 0.6) is 0 Å². The lowest BCUT2D eigenvalue weighted by Gasteiger charge is -2.38. The Kier molecular flexibility index (Phi) is 4.10. The van der Waals surface area contributed by atoms with Gasteiger partial charge in [-0.05, 0) is 24.6 Å². The third kappa shape index (κ3) is 2.85. The second kappa shape index (κ2) is 6.13. The molecule has 1 aromatic heterocycles. The van der Waals surface area contributed by atoms with Gasteiger partial charge >= 0.3 is 0 Å². The monoisotopic (exact) mass is 351 g/mol. The van der Waals surface area contributed by atoms with Gasteiger partial charge in [-0.15, -0.1) is 0 Å². The molecule has 0 amide bonds. The van der Waals surface area contributed by atoms with Gasteiger partial charge in [0.1, 0.15) is 17.4 Å². The Labute approximate surface area is 143 Å². The molecule has 2 aliphatic rings. The molecule has 1 fully saturated rings. The molecule has 4 nitrogen and oxygen atoms in total.